The van der Waals surface area contributed by atoms with Gasteiger partial charge in [-0.05, 0) is 31.8 Å². The van der Waals surface area contributed by atoms with E-state index in [0.29, 0.717) is 5.92 Å². The second kappa shape index (κ2) is 8.11. The second-order valence-electron chi connectivity index (χ2n) is 6.26. The van der Waals surface area contributed by atoms with Gasteiger partial charge in [-0.25, -0.2) is 4.98 Å². The van der Waals surface area contributed by atoms with E-state index in [-0.39, 0.29) is 0 Å². The number of thiazole rings is 1. The van der Waals surface area contributed by atoms with Crippen molar-refractivity contribution in [2.75, 3.05) is 13.1 Å². The first-order valence-corrected chi connectivity index (χ1v) is 8.95. The van der Waals surface area contributed by atoms with Gasteiger partial charge >= 0.3 is 0 Å². The minimum Gasteiger partial charge on any atom is -0.310 e. The molecule has 0 aromatic carbocycles. The monoisotopic (exact) mass is 295 g/mol. The van der Waals surface area contributed by atoms with E-state index in [9.17, 15) is 0 Å². The number of aromatic nitrogens is 1. The maximum Gasteiger partial charge on any atom is 0.107 e. The van der Waals surface area contributed by atoms with Crippen molar-refractivity contribution in [2.24, 2.45) is 5.92 Å². The smallest absolute Gasteiger partial charge is 0.107 e. The van der Waals surface area contributed by atoms with Gasteiger partial charge < -0.3 is 5.32 Å². The molecule has 1 fully saturated rings. The Kier molecular flexibility index (Phi) is 6.46. The van der Waals surface area contributed by atoms with E-state index >= 15 is 0 Å². The van der Waals surface area contributed by atoms with Crippen molar-refractivity contribution < 1.29 is 0 Å². The van der Waals surface area contributed by atoms with Crippen LogP contribution in [0.3, 0.4) is 0 Å². The Morgan fingerprint density at radius 1 is 1.40 bits per heavy atom. The summed E-state index contributed by atoms with van der Waals surface area (Å²) < 4.78 is 0. The summed E-state index contributed by atoms with van der Waals surface area (Å²) in [6, 6.07) is 0.796. The first kappa shape index (κ1) is 15.9. The van der Waals surface area contributed by atoms with Gasteiger partial charge in [0, 0.05) is 24.5 Å². The Bertz CT molecular complexity index is 383. The van der Waals surface area contributed by atoms with Crippen LogP contribution < -0.4 is 5.32 Å². The highest BCUT2D eigenvalue weighted by Gasteiger charge is 2.21. The molecule has 0 unspecified atom stereocenters. The van der Waals surface area contributed by atoms with Crippen molar-refractivity contribution in [1.82, 2.24) is 15.2 Å². The second-order valence-corrected chi connectivity index (χ2v) is 7.20. The Labute approximate surface area is 127 Å². The van der Waals surface area contributed by atoms with Gasteiger partial charge in [-0.1, -0.05) is 33.6 Å². The zero-order valence-corrected chi connectivity index (χ0v) is 14.0. The van der Waals surface area contributed by atoms with E-state index in [1.54, 1.807) is 11.3 Å². The molecule has 1 aromatic heterocycles. The van der Waals surface area contributed by atoms with Crippen LogP contribution in [-0.4, -0.2) is 29.0 Å². The number of hydrogen-bond acceptors (Lipinski definition) is 4. The zero-order valence-electron chi connectivity index (χ0n) is 13.2. The summed E-state index contributed by atoms with van der Waals surface area (Å²) in [6.07, 6.45) is 5.56. The van der Waals surface area contributed by atoms with Crippen LogP contribution in [0.25, 0.3) is 0 Å². The van der Waals surface area contributed by atoms with Gasteiger partial charge in [0.1, 0.15) is 5.01 Å². The van der Waals surface area contributed by atoms with Gasteiger partial charge in [0.2, 0.25) is 0 Å². The molecule has 20 heavy (non-hydrogen) atoms. The molecule has 4 heteroatoms. The number of nitrogens with zero attached hydrogens (tertiary/aromatic N) is 2. The summed E-state index contributed by atoms with van der Waals surface area (Å²) in [5.74, 6) is 0.701. The predicted octanol–water partition coefficient (Wildman–Crippen LogP) is 3.65. The lowest BCUT2D eigenvalue weighted by atomic mass is 10.2. The standard InChI is InChI=1S/C16H29N3S/c1-4-19(15-7-5-6-8-15)11-14-12-20-16(18-14)10-17-9-13(2)3/h12-13,15,17H,4-11H2,1-3H3. The molecule has 2 rings (SSSR count). The van der Waals surface area contributed by atoms with Crippen LogP contribution in [0, 0.1) is 5.92 Å². The highest BCUT2D eigenvalue weighted by molar-refractivity contribution is 7.09. The highest BCUT2D eigenvalue weighted by Crippen LogP contribution is 2.25. The summed E-state index contributed by atoms with van der Waals surface area (Å²) in [6.45, 7) is 10.9. The van der Waals surface area contributed by atoms with Crippen LogP contribution in [0.5, 0.6) is 0 Å². The summed E-state index contributed by atoms with van der Waals surface area (Å²) >= 11 is 1.80. The van der Waals surface area contributed by atoms with E-state index in [1.165, 1.54) is 36.4 Å². The molecule has 0 atom stereocenters. The van der Waals surface area contributed by atoms with Gasteiger partial charge in [0.15, 0.2) is 0 Å². The summed E-state index contributed by atoms with van der Waals surface area (Å²) in [5.41, 5.74) is 1.25. The van der Waals surface area contributed by atoms with Gasteiger partial charge in [-0.3, -0.25) is 4.90 Å². The minimum atomic E-state index is 0.701. The van der Waals surface area contributed by atoms with Gasteiger partial charge in [0.25, 0.3) is 0 Å². The third-order valence-electron chi connectivity index (χ3n) is 4.04. The normalized spacial score (nSPS) is 16.6. The van der Waals surface area contributed by atoms with E-state index in [2.05, 4.69) is 36.4 Å². The summed E-state index contributed by atoms with van der Waals surface area (Å²) in [4.78, 5) is 7.39. The van der Waals surface area contributed by atoms with Crippen LogP contribution in [-0.2, 0) is 13.1 Å². The molecule has 3 nitrogen and oxygen atoms in total. The molecule has 0 radical (unpaired) electrons. The first-order chi connectivity index (χ1) is 9.69. The summed E-state index contributed by atoms with van der Waals surface area (Å²) in [7, 11) is 0. The minimum absolute atomic E-state index is 0.701. The zero-order chi connectivity index (χ0) is 14.4. The molecule has 1 aliphatic rings. The fourth-order valence-electron chi connectivity index (χ4n) is 2.95. The molecule has 1 aliphatic carbocycles. The molecule has 1 saturated carbocycles. The highest BCUT2D eigenvalue weighted by atomic mass is 32.1. The van der Waals surface area contributed by atoms with Crippen molar-refractivity contribution in [3.63, 3.8) is 0 Å². The Balaban J connectivity index is 1.81. The van der Waals surface area contributed by atoms with E-state index < -0.39 is 0 Å². The van der Waals surface area contributed by atoms with Gasteiger partial charge in [0.05, 0.1) is 5.69 Å². The van der Waals surface area contributed by atoms with Crippen molar-refractivity contribution in [3.8, 4) is 0 Å². The third-order valence-corrected chi connectivity index (χ3v) is 4.94. The predicted molar refractivity (Wildman–Crippen MR) is 87.0 cm³/mol. The Hall–Kier alpha value is -0.450. The van der Waals surface area contributed by atoms with Crippen LogP contribution in [0.1, 0.15) is 57.2 Å². The van der Waals surface area contributed by atoms with Crippen LogP contribution in [0.15, 0.2) is 5.38 Å². The maximum atomic E-state index is 4.78. The topological polar surface area (TPSA) is 28.2 Å². The Morgan fingerprint density at radius 2 is 2.15 bits per heavy atom. The lowest BCUT2D eigenvalue weighted by molar-refractivity contribution is 0.198. The molecular weight excluding hydrogens is 266 g/mol. The first-order valence-electron chi connectivity index (χ1n) is 8.07. The van der Waals surface area contributed by atoms with Crippen molar-refractivity contribution in [2.45, 2.75) is 65.6 Å². The molecule has 0 aliphatic heterocycles. The van der Waals surface area contributed by atoms with Gasteiger partial charge in [-0.15, -0.1) is 11.3 Å². The fourth-order valence-corrected chi connectivity index (χ4v) is 3.70. The maximum absolute atomic E-state index is 4.78. The van der Waals surface area contributed by atoms with Crippen molar-refractivity contribution in [1.29, 1.82) is 0 Å². The molecule has 1 heterocycles. The number of nitrogens with one attached hydrogen (secondary N) is 1. The molecule has 1 aromatic rings. The third kappa shape index (κ3) is 4.83. The molecule has 0 spiro atoms. The van der Waals surface area contributed by atoms with E-state index in [0.717, 1.165) is 32.2 Å². The van der Waals surface area contributed by atoms with Crippen LogP contribution >= 0.6 is 11.3 Å². The van der Waals surface area contributed by atoms with Gasteiger partial charge in [-0.2, -0.15) is 0 Å². The molecule has 0 amide bonds. The lowest BCUT2D eigenvalue weighted by Gasteiger charge is -2.26. The Morgan fingerprint density at radius 3 is 2.80 bits per heavy atom. The summed E-state index contributed by atoms with van der Waals surface area (Å²) in [5, 5.41) is 6.94. The lowest BCUT2D eigenvalue weighted by Crippen LogP contribution is -2.32. The number of rotatable bonds is 8. The fraction of sp³-hybridized carbons (Fsp3) is 0.812. The van der Waals surface area contributed by atoms with E-state index in [4.69, 9.17) is 4.98 Å². The SMILES string of the molecule is CCN(Cc1csc(CNCC(C)C)n1)C1CCCC1. The number of hydrogen-bond donors (Lipinski definition) is 1. The van der Waals surface area contributed by atoms with E-state index in [1.807, 2.05) is 0 Å². The van der Waals surface area contributed by atoms with Crippen LogP contribution in [0.4, 0.5) is 0 Å². The van der Waals surface area contributed by atoms with Crippen molar-refractivity contribution in [3.05, 3.63) is 16.1 Å². The largest absolute Gasteiger partial charge is 0.310 e. The quantitative estimate of drug-likeness (QED) is 0.793. The molecular formula is C16H29N3S. The molecule has 1 N–H and O–H groups in total. The molecule has 0 bridgehead atoms. The molecule has 0 saturated heterocycles. The van der Waals surface area contributed by atoms with Crippen molar-refractivity contribution >= 4 is 11.3 Å². The average molecular weight is 295 g/mol. The van der Waals surface area contributed by atoms with Crippen LogP contribution in [0.2, 0.25) is 0 Å². The average Bonchev–Trinajstić information content (AvgIpc) is 3.06. The molecule has 114 valence electrons.